The Morgan fingerprint density at radius 2 is 0.743 bits per heavy atom. The van der Waals surface area contributed by atoms with Crippen molar-refractivity contribution in [1.29, 1.82) is 0 Å². The summed E-state index contributed by atoms with van der Waals surface area (Å²) in [6.07, 6.45) is 0. The molecule has 0 saturated heterocycles. The van der Waals surface area contributed by atoms with Crippen LogP contribution in [0.5, 0.6) is 0 Å². The van der Waals surface area contributed by atoms with Gasteiger partial charge in [0.2, 0.25) is 0 Å². The van der Waals surface area contributed by atoms with Crippen LogP contribution >= 0.6 is 0 Å². The summed E-state index contributed by atoms with van der Waals surface area (Å²) in [5, 5.41) is 0. The first kappa shape index (κ1) is 41.9. The lowest BCUT2D eigenvalue weighted by Crippen LogP contribution is -2.27. The Kier molecular flexibility index (Phi) is 9.39. The summed E-state index contributed by atoms with van der Waals surface area (Å²) in [7, 11) is 0. The largest absolute Gasteiger partial charge is 0.310 e. The first-order chi connectivity index (χ1) is 34.1. The highest BCUT2D eigenvalue weighted by Crippen LogP contribution is 2.65. The first-order valence-electron chi connectivity index (χ1n) is 24.8. The van der Waals surface area contributed by atoms with Gasteiger partial charge in [-0.2, -0.15) is 0 Å². The Morgan fingerprint density at radius 3 is 1.39 bits per heavy atom. The molecule has 10 aromatic rings. The van der Waals surface area contributed by atoms with Crippen molar-refractivity contribution in [3.8, 4) is 44.5 Å². The fourth-order valence-electron chi connectivity index (χ4n) is 12.3. The minimum Gasteiger partial charge on any atom is -0.310 e. The van der Waals surface area contributed by atoms with Crippen molar-refractivity contribution >= 4 is 34.1 Å². The first-order valence-corrected chi connectivity index (χ1v) is 24.8. The second-order valence-corrected chi connectivity index (χ2v) is 20.9. The van der Waals surface area contributed by atoms with Gasteiger partial charge in [-0.3, -0.25) is 0 Å². The van der Waals surface area contributed by atoms with Crippen molar-refractivity contribution < 1.29 is 0 Å². The highest BCUT2D eigenvalue weighted by Gasteiger charge is 2.53. The van der Waals surface area contributed by atoms with Crippen LogP contribution in [0.1, 0.15) is 73.6 Å². The zero-order valence-corrected chi connectivity index (χ0v) is 40.4. The second kappa shape index (κ2) is 15.7. The predicted octanol–water partition coefficient (Wildman–Crippen LogP) is 18.2. The third-order valence-corrected chi connectivity index (χ3v) is 15.6. The van der Waals surface area contributed by atoms with E-state index in [-0.39, 0.29) is 10.8 Å². The molecule has 1 atom stereocenters. The zero-order valence-electron chi connectivity index (χ0n) is 40.4. The van der Waals surface area contributed by atoms with Crippen LogP contribution in [0.2, 0.25) is 0 Å². The van der Waals surface area contributed by atoms with E-state index in [1.54, 1.807) is 0 Å². The minimum atomic E-state index is -0.630. The van der Waals surface area contributed by atoms with Crippen molar-refractivity contribution in [2.75, 3.05) is 9.80 Å². The molecule has 3 aliphatic rings. The fourth-order valence-corrected chi connectivity index (χ4v) is 12.3. The molecular formula is C68H54N2. The lowest BCUT2D eigenvalue weighted by Gasteiger charge is -2.34. The van der Waals surface area contributed by atoms with E-state index in [2.05, 4.69) is 281 Å². The molecule has 1 spiro atoms. The average Bonchev–Trinajstić information content (AvgIpc) is 3.95. The number of fused-ring (bicyclic) bond motifs is 13. The van der Waals surface area contributed by atoms with Crippen LogP contribution in [0.3, 0.4) is 0 Å². The number of para-hydroxylation sites is 3. The SMILES string of the molecule is CC(C)(C)c1ccc2c(c1)-c1cc(-c3ccccc3)c(N(c3ccccc3)c3ccccc3)cc1C21c2ccccc2-c2ccc(N(c3ccccc3)c3ccc4c(c3)-c3ccccc3C4(C)C)cc21. The monoisotopic (exact) mass is 898 g/mol. The molecule has 0 aliphatic heterocycles. The summed E-state index contributed by atoms with van der Waals surface area (Å²) >= 11 is 0. The van der Waals surface area contributed by atoms with Gasteiger partial charge in [-0.1, -0.05) is 198 Å². The second-order valence-electron chi connectivity index (χ2n) is 20.9. The summed E-state index contributed by atoms with van der Waals surface area (Å²) in [5.41, 5.74) is 25.4. The highest BCUT2D eigenvalue weighted by molar-refractivity contribution is 6.01. The quantitative estimate of drug-likeness (QED) is 0.157. The van der Waals surface area contributed by atoms with Gasteiger partial charge in [0.15, 0.2) is 0 Å². The van der Waals surface area contributed by atoms with Gasteiger partial charge in [-0.05, 0) is 156 Å². The van der Waals surface area contributed by atoms with Crippen molar-refractivity contribution in [2.24, 2.45) is 0 Å². The van der Waals surface area contributed by atoms with Gasteiger partial charge in [0.25, 0.3) is 0 Å². The molecule has 3 aliphatic carbocycles. The van der Waals surface area contributed by atoms with Crippen LogP contribution in [-0.4, -0.2) is 0 Å². The third kappa shape index (κ3) is 6.19. The minimum absolute atomic E-state index is 0.0506. The lowest BCUT2D eigenvalue weighted by atomic mass is 9.70. The number of hydrogen-bond acceptors (Lipinski definition) is 2. The Balaban J connectivity index is 1.12. The van der Waals surface area contributed by atoms with E-state index >= 15 is 0 Å². The topological polar surface area (TPSA) is 6.48 Å². The molecule has 0 aromatic heterocycles. The van der Waals surface area contributed by atoms with E-state index in [0.717, 1.165) is 34.1 Å². The van der Waals surface area contributed by atoms with Crippen LogP contribution < -0.4 is 9.80 Å². The molecule has 1 unspecified atom stereocenters. The smallest absolute Gasteiger partial charge is 0.0727 e. The van der Waals surface area contributed by atoms with E-state index in [9.17, 15) is 0 Å². The van der Waals surface area contributed by atoms with Crippen molar-refractivity contribution in [3.63, 3.8) is 0 Å². The molecule has 70 heavy (non-hydrogen) atoms. The number of benzene rings is 10. The average molecular weight is 899 g/mol. The van der Waals surface area contributed by atoms with E-state index in [1.807, 2.05) is 0 Å². The zero-order chi connectivity index (χ0) is 47.4. The molecular weight excluding hydrogens is 845 g/mol. The van der Waals surface area contributed by atoms with Crippen LogP contribution in [0.4, 0.5) is 34.1 Å². The van der Waals surface area contributed by atoms with Crippen molar-refractivity contribution in [3.05, 3.63) is 276 Å². The maximum atomic E-state index is 2.56. The summed E-state index contributed by atoms with van der Waals surface area (Å²) in [6, 6.07) is 88.7. The van der Waals surface area contributed by atoms with E-state index in [1.165, 1.54) is 83.5 Å². The molecule has 336 valence electrons. The number of anilines is 6. The summed E-state index contributed by atoms with van der Waals surface area (Å²) < 4.78 is 0. The molecule has 0 N–H and O–H groups in total. The van der Waals surface area contributed by atoms with Crippen LogP contribution in [0.25, 0.3) is 44.5 Å². The van der Waals surface area contributed by atoms with Crippen LogP contribution in [-0.2, 0) is 16.2 Å². The molecule has 2 heteroatoms. The predicted molar refractivity (Wildman–Crippen MR) is 294 cm³/mol. The Morgan fingerprint density at radius 1 is 0.300 bits per heavy atom. The third-order valence-electron chi connectivity index (χ3n) is 15.6. The van der Waals surface area contributed by atoms with Gasteiger partial charge in [0, 0.05) is 39.4 Å². The van der Waals surface area contributed by atoms with Crippen molar-refractivity contribution in [2.45, 2.75) is 50.9 Å². The lowest BCUT2D eigenvalue weighted by molar-refractivity contribution is 0.590. The molecule has 10 aromatic carbocycles. The number of rotatable bonds is 7. The standard InChI is InChI=1S/C68H54N2/c1-66(2,3)46-34-38-62-56(40-46)58-43-55(45-22-10-6-11-23-45)65(70(48-26-14-8-15-27-48)49-28-16-9-17-29-49)44-64(58)68(62)61-33-21-19-30-52(61)54-37-35-51(42-63(54)68)69(47-24-12-7-13-25-47)50-36-39-60-57(41-50)53-31-18-20-32-59(53)67(60,4)5/h6-44H,1-5H3. The molecule has 0 heterocycles. The van der Waals surface area contributed by atoms with E-state index in [4.69, 9.17) is 0 Å². The fraction of sp³-hybridized carbons (Fsp3) is 0.118. The van der Waals surface area contributed by atoms with E-state index in [0.29, 0.717) is 0 Å². The molecule has 0 amide bonds. The van der Waals surface area contributed by atoms with Crippen molar-refractivity contribution in [1.82, 2.24) is 0 Å². The number of nitrogens with zero attached hydrogens (tertiary/aromatic N) is 2. The van der Waals surface area contributed by atoms with Gasteiger partial charge in [0.1, 0.15) is 0 Å². The molecule has 0 saturated carbocycles. The van der Waals surface area contributed by atoms with Crippen LogP contribution in [0, 0.1) is 0 Å². The van der Waals surface area contributed by atoms with Gasteiger partial charge in [0.05, 0.1) is 11.1 Å². The van der Waals surface area contributed by atoms with Gasteiger partial charge >= 0.3 is 0 Å². The number of hydrogen-bond donors (Lipinski definition) is 0. The molecule has 0 bridgehead atoms. The maximum Gasteiger partial charge on any atom is 0.0727 e. The Hall–Kier alpha value is -8.20. The van der Waals surface area contributed by atoms with Gasteiger partial charge < -0.3 is 9.80 Å². The Labute approximate surface area is 412 Å². The molecule has 13 rings (SSSR count). The van der Waals surface area contributed by atoms with Gasteiger partial charge in [-0.15, -0.1) is 0 Å². The summed E-state index contributed by atoms with van der Waals surface area (Å²) in [5.74, 6) is 0. The van der Waals surface area contributed by atoms with E-state index < -0.39 is 5.41 Å². The summed E-state index contributed by atoms with van der Waals surface area (Å²) in [6.45, 7) is 11.7. The summed E-state index contributed by atoms with van der Waals surface area (Å²) in [4.78, 5) is 4.93. The highest BCUT2D eigenvalue weighted by atomic mass is 15.1. The maximum absolute atomic E-state index is 2.56. The van der Waals surface area contributed by atoms with Crippen LogP contribution in [0.15, 0.2) is 237 Å². The Bertz CT molecular complexity index is 3620. The molecule has 2 nitrogen and oxygen atoms in total. The van der Waals surface area contributed by atoms with Gasteiger partial charge in [-0.25, -0.2) is 0 Å². The molecule has 0 radical (unpaired) electrons. The molecule has 0 fully saturated rings. The normalized spacial score (nSPS) is 15.4.